The van der Waals surface area contributed by atoms with Gasteiger partial charge in [-0.1, -0.05) is 0 Å². The van der Waals surface area contributed by atoms with Gasteiger partial charge in [-0.25, -0.2) is 0 Å². The standard InChI is InChI=1S/C23H45NO9P2S/c1-17(25)29-14-18(26)15-36-16-24-19(34(27,30-20(2,3)4)31-21(5,6)7)35(28,32-22(8,9)10)33-23(11,12)13/h16,19H,14-15H2,1-13H3. The Balaban J connectivity index is 6.63. The van der Waals surface area contributed by atoms with E-state index >= 15 is 0 Å². The molecule has 0 heterocycles. The van der Waals surface area contributed by atoms with Crippen molar-refractivity contribution in [3.8, 4) is 0 Å². The van der Waals surface area contributed by atoms with E-state index in [1.165, 1.54) is 12.5 Å². The Bertz CT molecular complexity index is 788. The van der Waals surface area contributed by atoms with Crippen molar-refractivity contribution in [1.82, 2.24) is 0 Å². The molecule has 0 radical (unpaired) electrons. The minimum absolute atomic E-state index is 0.0847. The van der Waals surface area contributed by atoms with Crippen LogP contribution < -0.4 is 0 Å². The predicted octanol–water partition coefficient (Wildman–Crippen LogP) is 6.81. The molecular weight excluding hydrogens is 528 g/mol. The highest BCUT2D eigenvalue weighted by atomic mass is 32.2. The Morgan fingerprint density at radius 1 is 0.750 bits per heavy atom. The Morgan fingerprint density at radius 3 is 1.36 bits per heavy atom. The number of hydrogen-bond donors (Lipinski definition) is 0. The summed E-state index contributed by atoms with van der Waals surface area (Å²) in [5.41, 5.74) is -4.29. The van der Waals surface area contributed by atoms with E-state index in [1.807, 2.05) is 0 Å². The maximum absolute atomic E-state index is 14.4. The fraction of sp³-hybridized carbons (Fsp3) is 0.870. The summed E-state index contributed by atoms with van der Waals surface area (Å²) >= 11 is 0.949. The molecule has 0 aliphatic rings. The number of carbonyl (C=O) groups is 2. The molecule has 0 unspecified atom stereocenters. The molecule has 36 heavy (non-hydrogen) atoms. The van der Waals surface area contributed by atoms with E-state index in [0.717, 1.165) is 11.8 Å². The van der Waals surface area contributed by atoms with Crippen LogP contribution in [0.5, 0.6) is 0 Å². The highest BCUT2D eigenvalue weighted by molar-refractivity contribution is 8.12. The number of ketones is 1. The number of ether oxygens (including phenoxy) is 1. The minimum Gasteiger partial charge on any atom is -0.458 e. The van der Waals surface area contributed by atoms with Gasteiger partial charge >= 0.3 is 21.2 Å². The first-order chi connectivity index (χ1) is 15.8. The van der Waals surface area contributed by atoms with Crippen LogP contribution in [-0.4, -0.2) is 57.6 Å². The van der Waals surface area contributed by atoms with Crippen molar-refractivity contribution in [2.45, 2.75) is 118 Å². The summed E-state index contributed by atoms with van der Waals surface area (Å²) in [5, 5.41) is 0. The van der Waals surface area contributed by atoms with Crippen LogP contribution in [0.2, 0.25) is 0 Å². The minimum atomic E-state index is -4.33. The van der Waals surface area contributed by atoms with Gasteiger partial charge in [0.1, 0.15) is 0 Å². The monoisotopic (exact) mass is 573 g/mol. The van der Waals surface area contributed by atoms with Crippen molar-refractivity contribution in [2.75, 3.05) is 12.4 Å². The maximum atomic E-state index is 14.4. The molecular formula is C23H45NO9P2S. The molecule has 0 bridgehead atoms. The Kier molecular flexibility index (Phi) is 12.8. The van der Waals surface area contributed by atoms with E-state index in [0.29, 0.717) is 0 Å². The number of Topliss-reactive ketones (excluding diaryl/α,β-unsaturated/α-hetero) is 1. The van der Waals surface area contributed by atoms with Crippen LogP contribution >= 0.6 is 27.0 Å². The highest BCUT2D eigenvalue weighted by Crippen LogP contribution is 2.74. The number of hydrogen-bond acceptors (Lipinski definition) is 11. The van der Waals surface area contributed by atoms with Gasteiger partial charge in [-0.05, 0) is 83.1 Å². The SMILES string of the molecule is CC(=O)OCC(=O)CSC=NC(P(=O)(OC(C)(C)C)OC(C)(C)C)P(=O)(OC(C)(C)C)OC(C)(C)C. The van der Waals surface area contributed by atoms with Gasteiger partial charge in [0.15, 0.2) is 12.4 Å². The Hall–Kier alpha value is -0.540. The van der Waals surface area contributed by atoms with E-state index in [-0.39, 0.29) is 18.1 Å². The van der Waals surface area contributed by atoms with Gasteiger partial charge in [-0.2, -0.15) is 0 Å². The third kappa shape index (κ3) is 15.7. The zero-order chi connectivity index (χ0) is 28.8. The second-order valence-corrected chi connectivity index (χ2v) is 17.2. The van der Waals surface area contributed by atoms with Gasteiger partial charge in [-0.3, -0.25) is 23.7 Å². The van der Waals surface area contributed by atoms with E-state index < -0.39 is 49.1 Å². The van der Waals surface area contributed by atoms with Crippen molar-refractivity contribution in [3.05, 3.63) is 0 Å². The molecule has 0 rings (SSSR count). The largest absolute Gasteiger partial charge is 0.458 e. The normalized spacial score (nSPS) is 14.5. The molecule has 0 atom stereocenters. The van der Waals surface area contributed by atoms with E-state index in [1.54, 1.807) is 83.1 Å². The lowest BCUT2D eigenvalue weighted by atomic mass is 10.2. The molecule has 0 aromatic heterocycles. The van der Waals surface area contributed by atoms with Crippen molar-refractivity contribution < 1.29 is 41.6 Å². The molecule has 0 N–H and O–H groups in total. The lowest BCUT2D eigenvalue weighted by molar-refractivity contribution is -0.145. The Labute approximate surface area is 221 Å². The molecule has 0 fully saturated rings. The zero-order valence-electron chi connectivity index (χ0n) is 24.0. The third-order valence-corrected chi connectivity index (χ3v) is 10.2. The first-order valence-electron chi connectivity index (χ1n) is 11.6. The van der Waals surface area contributed by atoms with Crippen LogP contribution in [0, 0.1) is 0 Å². The zero-order valence-corrected chi connectivity index (χ0v) is 26.6. The number of thioether (sulfide) groups is 1. The van der Waals surface area contributed by atoms with Crippen LogP contribution in [0.15, 0.2) is 4.99 Å². The topological polar surface area (TPSA) is 127 Å². The molecule has 0 saturated carbocycles. The molecule has 0 spiro atoms. The summed E-state index contributed by atoms with van der Waals surface area (Å²) in [5.74, 6) is -1.02. The Morgan fingerprint density at radius 2 is 1.08 bits per heavy atom. The summed E-state index contributed by atoms with van der Waals surface area (Å²) in [6.45, 7) is 21.1. The molecule has 0 aliphatic heterocycles. The average Bonchev–Trinajstić information content (AvgIpc) is 2.52. The number of esters is 1. The quantitative estimate of drug-likeness (QED) is 0.106. The molecule has 0 aliphatic carbocycles. The fourth-order valence-corrected chi connectivity index (χ4v) is 9.19. The van der Waals surface area contributed by atoms with Crippen molar-refractivity contribution in [3.63, 3.8) is 0 Å². The number of carbonyl (C=O) groups excluding carboxylic acids is 2. The third-order valence-electron chi connectivity index (χ3n) is 3.12. The van der Waals surface area contributed by atoms with Gasteiger partial charge in [0.05, 0.1) is 33.7 Å². The van der Waals surface area contributed by atoms with Gasteiger partial charge in [0, 0.05) is 6.92 Å². The van der Waals surface area contributed by atoms with Gasteiger partial charge in [-0.15, -0.1) is 11.8 Å². The smallest absolute Gasteiger partial charge is 0.368 e. The van der Waals surface area contributed by atoms with E-state index in [9.17, 15) is 18.7 Å². The van der Waals surface area contributed by atoms with E-state index in [2.05, 4.69) is 4.99 Å². The first-order valence-corrected chi connectivity index (χ1v) is 15.8. The molecule has 0 aromatic carbocycles. The maximum Gasteiger partial charge on any atom is 0.368 e. The molecule has 10 nitrogen and oxygen atoms in total. The van der Waals surface area contributed by atoms with Crippen LogP contribution in [0.25, 0.3) is 0 Å². The molecule has 0 amide bonds. The molecule has 212 valence electrons. The lowest BCUT2D eigenvalue weighted by Crippen LogP contribution is -2.32. The molecule has 0 saturated heterocycles. The lowest BCUT2D eigenvalue weighted by Gasteiger charge is -2.39. The second kappa shape index (κ2) is 13.0. The summed E-state index contributed by atoms with van der Waals surface area (Å²) in [4.78, 5) is 27.2. The molecule has 13 heteroatoms. The van der Waals surface area contributed by atoms with Crippen LogP contribution in [0.4, 0.5) is 0 Å². The van der Waals surface area contributed by atoms with Crippen molar-refractivity contribution in [1.29, 1.82) is 0 Å². The summed E-state index contributed by atoms with van der Waals surface area (Å²) in [6, 6.07) is 0. The predicted molar refractivity (Wildman–Crippen MR) is 145 cm³/mol. The van der Waals surface area contributed by atoms with Gasteiger partial charge in [0.2, 0.25) is 0 Å². The number of rotatable bonds is 12. The van der Waals surface area contributed by atoms with Crippen LogP contribution in [-0.2, 0) is 41.6 Å². The van der Waals surface area contributed by atoms with Crippen molar-refractivity contribution in [2.24, 2.45) is 4.99 Å². The van der Waals surface area contributed by atoms with Crippen LogP contribution in [0.3, 0.4) is 0 Å². The second-order valence-electron chi connectivity index (χ2n) is 12.1. The average molecular weight is 574 g/mol. The highest BCUT2D eigenvalue weighted by Gasteiger charge is 2.56. The first kappa shape index (κ1) is 35.5. The fourth-order valence-electron chi connectivity index (χ4n) is 2.54. The summed E-state index contributed by atoms with van der Waals surface area (Å²) < 4.78 is 57.3. The van der Waals surface area contributed by atoms with E-state index in [4.69, 9.17) is 22.8 Å². The van der Waals surface area contributed by atoms with Gasteiger partial charge in [0.25, 0.3) is 5.52 Å². The molecule has 0 aromatic rings. The summed E-state index contributed by atoms with van der Waals surface area (Å²) in [7, 11) is -8.67. The summed E-state index contributed by atoms with van der Waals surface area (Å²) in [6.07, 6.45) is 0. The number of nitrogens with zero attached hydrogens (tertiary/aromatic N) is 1. The number of aliphatic imine (C=N–C) groups is 1. The van der Waals surface area contributed by atoms with Crippen molar-refractivity contribution >= 4 is 44.3 Å². The van der Waals surface area contributed by atoms with Gasteiger partial charge < -0.3 is 22.8 Å². The van der Waals surface area contributed by atoms with Crippen LogP contribution in [0.1, 0.15) is 90.0 Å².